The van der Waals surface area contributed by atoms with E-state index in [0.717, 1.165) is 7.11 Å². The number of fused-ring (bicyclic) bond motifs is 1. The van der Waals surface area contributed by atoms with Crippen LogP contribution in [0.25, 0.3) is 22.2 Å². The van der Waals surface area contributed by atoms with Crippen LogP contribution in [0.2, 0.25) is 0 Å². The van der Waals surface area contributed by atoms with E-state index < -0.39 is 50.3 Å². The summed E-state index contributed by atoms with van der Waals surface area (Å²) in [7, 11) is 1.08. The third-order valence-electron chi connectivity index (χ3n) is 5.29. The summed E-state index contributed by atoms with van der Waals surface area (Å²) < 4.78 is 41.2. The van der Waals surface area contributed by atoms with Crippen LogP contribution in [0.4, 0.5) is 14.5 Å². The fraction of sp³-hybridized carbons (Fsp3) is 0.273. The molecule has 2 aromatic carbocycles. The molecule has 0 unspecified atom stereocenters. The molecule has 1 heterocycles. The first-order valence-corrected chi connectivity index (χ1v) is 9.87. The van der Waals surface area contributed by atoms with Crippen molar-refractivity contribution in [2.24, 2.45) is 0 Å². The van der Waals surface area contributed by atoms with Crippen LogP contribution in [0, 0.1) is 21.7 Å². The molecule has 8 nitrogen and oxygen atoms in total. The van der Waals surface area contributed by atoms with Crippen molar-refractivity contribution >= 4 is 22.6 Å². The number of carbonyl (C=O) groups excluding carboxylic acids is 1. The predicted molar refractivity (Wildman–Crippen MR) is 111 cm³/mol. The Hall–Kier alpha value is -3.82. The molecule has 0 aliphatic heterocycles. The molecule has 0 spiro atoms. The van der Waals surface area contributed by atoms with Gasteiger partial charge in [0.25, 0.3) is 0 Å². The standard InChI is InChI=1S/C22H18F2N2O6/c1-3-32-22(28)14-17(11-7-5-4-6-8-11)25(12-9-10-12)19-13(20(14)27)18(26(29)30)15(23)16(24)21(19)31-2/h4-8,12H,3,9-10H2,1-2H3. The van der Waals surface area contributed by atoms with Crippen molar-refractivity contribution in [3.63, 3.8) is 0 Å². The molecule has 0 amide bonds. The van der Waals surface area contributed by atoms with Gasteiger partial charge >= 0.3 is 11.7 Å². The lowest BCUT2D eigenvalue weighted by Crippen LogP contribution is -2.25. The number of hydrogen-bond acceptors (Lipinski definition) is 6. The number of benzene rings is 2. The zero-order chi connectivity index (χ0) is 23.2. The fourth-order valence-corrected chi connectivity index (χ4v) is 3.88. The number of hydrogen-bond donors (Lipinski definition) is 0. The zero-order valence-corrected chi connectivity index (χ0v) is 17.2. The van der Waals surface area contributed by atoms with Gasteiger partial charge in [-0.05, 0) is 25.3 Å². The SMILES string of the molecule is CCOC(=O)c1c(-c2ccccc2)n(C2CC2)c2c(OC)c(F)c(F)c([N+](=O)[O-])c2c1=O. The highest BCUT2D eigenvalue weighted by Gasteiger charge is 2.39. The Bertz CT molecular complexity index is 1320. The maximum absolute atomic E-state index is 14.9. The second kappa shape index (κ2) is 8.03. The van der Waals surface area contributed by atoms with E-state index in [1.807, 2.05) is 0 Å². The number of methoxy groups -OCH3 is 1. The maximum atomic E-state index is 14.9. The molecule has 0 saturated heterocycles. The van der Waals surface area contributed by atoms with E-state index in [9.17, 15) is 28.5 Å². The Morgan fingerprint density at radius 3 is 2.41 bits per heavy atom. The normalized spacial score (nSPS) is 13.2. The number of esters is 1. The summed E-state index contributed by atoms with van der Waals surface area (Å²) in [6.07, 6.45) is 1.21. The molecule has 0 bridgehead atoms. The Morgan fingerprint density at radius 2 is 1.88 bits per heavy atom. The Balaban J connectivity index is 2.35. The highest BCUT2D eigenvalue weighted by Crippen LogP contribution is 2.46. The van der Waals surface area contributed by atoms with Crippen LogP contribution in [0.1, 0.15) is 36.2 Å². The summed E-state index contributed by atoms with van der Waals surface area (Å²) in [5.74, 6) is -5.06. The summed E-state index contributed by atoms with van der Waals surface area (Å²) in [4.78, 5) is 36.9. The minimum atomic E-state index is -1.83. The van der Waals surface area contributed by atoms with Crippen molar-refractivity contribution < 1.29 is 28.0 Å². The Morgan fingerprint density at radius 1 is 1.22 bits per heavy atom. The van der Waals surface area contributed by atoms with Gasteiger partial charge in [0.1, 0.15) is 16.5 Å². The minimum absolute atomic E-state index is 0.0584. The highest BCUT2D eigenvalue weighted by molar-refractivity contribution is 6.04. The van der Waals surface area contributed by atoms with E-state index >= 15 is 0 Å². The van der Waals surface area contributed by atoms with Gasteiger partial charge in [0, 0.05) is 6.04 Å². The van der Waals surface area contributed by atoms with Crippen LogP contribution in [0.15, 0.2) is 35.1 Å². The van der Waals surface area contributed by atoms with Crippen molar-refractivity contribution in [1.82, 2.24) is 4.57 Å². The summed E-state index contributed by atoms with van der Waals surface area (Å²) >= 11 is 0. The van der Waals surface area contributed by atoms with Crippen LogP contribution in [-0.2, 0) is 4.74 Å². The molecule has 4 rings (SSSR count). The molecule has 1 aromatic heterocycles. The van der Waals surface area contributed by atoms with Crippen molar-refractivity contribution in [3.8, 4) is 17.0 Å². The lowest BCUT2D eigenvalue weighted by Gasteiger charge is -2.22. The fourth-order valence-electron chi connectivity index (χ4n) is 3.88. The van der Waals surface area contributed by atoms with Gasteiger partial charge in [-0.25, -0.2) is 4.79 Å². The average Bonchev–Trinajstić information content (AvgIpc) is 3.60. The predicted octanol–water partition coefficient (Wildman–Crippen LogP) is 4.38. The van der Waals surface area contributed by atoms with Gasteiger partial charge in [0.2, 0.25) is 17.1 Å². The molecule has 0 N–H and O–H groups in total. The van der Waals surface area contributed by atoms with Crippen molar-refractivity contribution in [3.05, 3.63) is 67.9 Å². The van der Waals surface area contributed by atoms with Crippen molar-refractivity contribution in [1.29, 1.82) is 0 Å². The number of ether oxygens (including phenoxy) is 2. The number of carbonyl (C=O) groups is 1. The van der Waals surface area contributed by atoms with Crippen molar-refractivity contribution in [2.45, 2.75) is 25.8 Å². The minimum Gasteiger partial charge on any atom is -0.491 e. The van der Waals surface area contributed by atoms with Crippen LogP contribution < -0.4 is 10.2 Å². The van der Waals surface area contributed by atoms with Gasteiger partial charge in [0.15, 0.2) is 5.75 Å². The van der Waals surface area contributed by atoms with Crippen LogP contribution in [0.5, 0.6) is 5.75 Å². The molecule has 3 aromatic rings. The average molecular weight is 444 g/mol. The zero-order valence-electron chi connectivity index (χ0n) is 17.2. The lowest BCUT2D eigenvalue weighted by atomic mass is 9.99. The van der Waals surface area contributed by atoms with Crippen LogP contribution >= 0.6 is 0 Å². The summed E-state index contributed by atoms with van der Waals surface area (Å²) in [6, 6.07) is 8.07. The number of nitro groups is 1. The largest absolute Gasteiger partial charge is 0.491 e. The van der Waals surface area contributed by atoms with Crippen LogP contribution in [-0.4, -0.2) is 29.2 Å². The molecule has 10 heteroatoms. The molecule has 1 aliphatic carbocycles. The molecule has 1 saturated carbocycles. The first-order valence-electron chi connectivity index (χ1n) is 9.87. The quantitative estimate of drug-likeness (QED) is 0.318. The van der Waals surface area contributed by atoms with Crippen LogP contribution in [0.3, 0.4) is 0 Å². The number of rotatable bonds is 6. The molecule has 1 fully saturated rings. The van der Waals surface area contributed by atoms with Gasteiger partial charge in [-0.2, -0.15) is 8.78 Å². The third kappa shape index (κ3) is 3.19. The number of pyridine rings is 1. The molecule has 0 radical (unpaired) electrons. The van der Waals surface area contributed by atoms with E-state index in [1.54, 1.807) is 37.3 Å². The van der Waals surface area contributed by atoms with Gasteiger partial charge in [-0.15, -0.1) is 0 Å². The third-order valence-corrected chi connectivity index (χ3v) is 5.29. The van der Waals surface area contributed by atoms with Gasteiger partial charge < -0.3 is 14.0 Å². The van der Waals surface area contributed by atoms with Gasteiger partial charge in [-0.1, -0.05) is 30.3 Å². The van der Waals surface area contributed by atoms with Gasteiger partial charge in [0.05, 0.1) is 24.3 Å². The van der Waals surface area contributed by atoms with E-state index in [0.29, 0.717) is 18.4 Å². The van der Waals surface area contributed by atoms with E-state index in [1.165, 1.54) is 4.57 Å². The first-order chi connectivity index (χ1) is 15.3. The summed E-state index contributed by atoms with van der Waals surface area (Å²) in [5.41, 5.74) is -2.66. The number of aromatic nitrogens is 1. The maximum Gasteiger partial charge on any atom is 0.344 e. The smallest absolute Gasteiger partial charge is 0.344 e. The van der Waals surface area contributed by atoms with E-state index in [-0.39, 0.29) is 23.9 Å². The first kappa shape index (κ1) is 21.4. The molecule has 166 valence electrons. The number of halogens is 2. The lowest BCUT2D eigenvalue weighted by molar-refractivity contribution is -0.386. The highest BCUT2D eigenvalue weighted by atomic mass is 19.2. The molecular formula is C22H18F2N2O6. The summed E-state index contributed by atoms with van der Waals surface area (Å²) in [5, 5.41) is 11.0. The molecule has 32 heavy (non-hydrogen) atoms. The Labute approximate surface area is 180 Å². The number of nitro benzene ring substituents is 1. The van der Waals surface area contributed by atoms with E-state index in [2.05, 4.69) is 0 Å². The van der Waals surface area contributed by atoms with Gasteiger partial charge in [-0.3, -0.25) is 14.9 Å². The van der Waals surface area contributed by atoms with Crippen molar-refractivity contribution in [2.75, 3.05) is 13.7 Å². The monoisotopic (exact) mass is 444 g/mol. The number of nitrogens with zero attached hydrogens (tertiary/aromatic N) is 2. The molecular weight excluding hydrogens is 426 g/mol. The van der Waals surface area contributed by atoms with E-state index in [4.69, 9.17) is 9.47 Å². The summed E-state index contributed by atoms with van der Waals surface area (Å²) in [6.45, 7) is 1.48. The Kier molecular flexibility index (Phi) is 5.37. The molecule has 0 atom stereocenters. The topological polar surface area (TPSA) is 101 Å². The second-order valence-corrected chi connectivity index (χ2v) is 7.23. The molecule has 1 aliphatic rings. The second-order valence-electron chi connectivity index (χ2n) is 7.23.